The van der Waals surface area contributed by atoms with Crippen LogP contribution >= 0.6 is 0 Å². The molecule has 1 aliphatic rings. The molecule has 1 atom stereocenters. The fraction of sp³-hybridized carbons (Fsp3) is 0.900. The van der Waals surface area contributed by atoms with Crippen LogP contribution in [0.1, 0.15) is 27.7 Å². The number of nitrogens with zero attached hydrogens (tertiary/aromatic N) is 2. The SMILES string of the molecule is CC1CN(C)C(=O)N(C(C)(C)C)C1. The monoisotopic (exact) mass is 184 g/mol. The Morgan fingerprint density at radius 2 is 1.85 bits per heavy atom. The number of carbonyl (C=O) groups excluding carboxylic acids is 1. The highest BCUT2D eigenvalue weighted by Gasteiger charge is 2.34. The van der Waals surface area contributed by atoms with Gasteiger partial charge in [-0.05, 0) is 26.7 Å². The van der Waals surface area contributed by atoms with Gasteiger partial charge in [0, 0.05) is 25.7 Å². The van der Waals surface area contributed by atoms with Gasteiger partial charge in [-0.3, -0.25) is 0 Å². The van der Waals surface area contributed by atoms with E-state index in [0.717, 1.165) is 13.1 Å². The molecule has 0 aromatic carbocycles. The van der Waals surface area contributed by atoms with Gasteiger partial charge in [0.25, 0.3) is 0 Å². The summed E-state index contributed by atoms with van der Waals surface area (Å²) in [5, 5.41) is 0. The summed E-state index contributed by atoms with van der Waals surface area (Å²) in [6.45, 7) is 10.2. The lowest BCUT2D eigenvalue weighted by Gasteiger charge is -2.44. The Balaban J connectivity index is 2.78. The van der Waals surface area contributed by atoms with Crippen molar-refractivity contribution in [2.45, 2.75) is 33.2 Å². The Morgan fingerprint density at radius 1 is 1.31 bits per heavy atom. The Hall–Kier alpha value is -0.730. The highest BCUT2D eigenvalue weighted by Crippen LogP contribution is 2.21. The average molecular weight is 184 g/mol. The lowest BCUT2D eigenvalue weighted by Crippen LogP contribution is -2.57. The minimum atomic E-state index is -0.0555. The molecule has 0 spiro atoms. The topological polar surface area (TPSA) is 23.6 Å². The van der Waals surface area contributed by atoms with Crippen molar-refractivity contribution in [3.63, 3.8) is 0 Å². The van der Waals surface area contributed by atoms with Gasteiger partial charge in [0.15, 0.2) is 0 Å². The van der Waals surface area contributed by atoms with Gasteiger partial charge in [-0.1, -0.05) is 6.92 Å². The first-order chi connectivity index (χ1) is 5.82. The van der Waals surface area contributed by atoms with Gasteiger partial charge in [-0.15, -0.1) is 0 Å². The molecule has 0 aromatic heterocycles. The molecule has 0 saturated carbocycles. The van der Waals surface area contributed by atoms with Gasteiger partial charge in [-0.2, -0.15) is 0 Å². The molecule has 1 fully saturated rings. The average Bonchev–Trinajstić information content (AvgIpc) is 1.94. The smallest absolute Gasteiger partial charge is 0.320 e. The first-order valence-electron chi connectivity index (χ1n) is 4.85. The zero-order valence-corrected chi connectivity index (χ0v) is 9.29. The van der Waals surface area contributed by atoms with Crippen LogP contribution in [-0.4, -0.2) is 41.5 Å². The van der Waals surface area contributed by atoms with Gasteiger partial charge >= 0.3 is 6.03 Å². The maximum absolute atomic E-state index is 11.8. The van der Waals surface area contributed by atoms with E-state index in [1.54, 1.807) is 4.90 Å². The molecule has 0 aromatic rings. The van der Waals surface area contributed by atoms with Crippen LogP contribution in [0, 0.1) is 5.92 Å². The minimum Gasteiger partial charge on any atom is -0.327 e. The van der Waals surface area contributed by atoms with Gasteiger partial charge in [0.05, 0.1) is 0 Å². The highest BCUT2D eigenvalue weighted by molar-refractivity contribution is 5.75. The normalized spacial score (nSPS) is 25.3. The van der Waals surface area contributed by atoms with Crippen molar-refractivity contribution in [2.75, 3.05) is 20.1 Å². The zero-order chi connectivity index (χ0) is 10.2. The predicted molar refractivity (Wildman–Crippen MR) is 53.6 cm³/mol. The highest BCUT2D eigenvalue weighted by atomic mass is 16.2. The zero-order valence-electron chi connectivity index (χ0n) is 9.29. The van der Waals surface area contributed by atoms with Crippen molar-refractivity contribution in [3.8, 4) is 0 Å². The number of rotatable bonds is 0. The van der Waals surface area contributed by atoms with Crippen LogP contribution in [0.4, 0.5) is 4.79 Å². The van der Waals surface area contributed by atoms with Crippen LogP contribution in [0.5, 0.6) is 0 Å². The summed E-state index contributed by atoms with van der Waals surface area (Å²) < 4.78 is 0. The second-order valence-electron chi connectivity index (χ2n) is 5.05. The van der Waals surface area contributed by atoms with Crippen LogP contribution < -0.4 is 0 Å². The molecule has 3 nitrogen and oxygen atoms in total. The van der Waals surface area contributed by atoms with E-state index < -0.39 is 0 Å². The maximum Gasteiger partial charge on any atom is 0.320 e. The van der Waals surface area contributed by atoms with Crippen LogP contribution in [-0.2, 0) is 0 Å². The summed E-state index contributed by atoms with van der Waals surface area (Å²) in [7, 11) is 1.87. The molecule has 1 aliphatic heterocycles. The van der Waals surface area contributed by atoms with Crippen molar-refractivity contribution >= 4 is 6.03 Å². The van der Waals surface area contributed by atoms with E-state index in [0.29, 0.717) is 5.92 Å². The third-order valence-electron chi connectivity index (χ3n) is 2.45. The fourth-order valence-electron chi connectivity index (χ4n) is 1.76. The molecule has 1 unspecified atom stereocenters. The third kappa shape index (κ3) is 2.14. The Morgan fingerprint density at radius 3 is 2.31 bits per heavy atom. The van der Waals surface area contributed by atoms with Gasteiger partial charge in [-0.25, -0.2) is 4.79 Å². The van der Waals surface area contributed by atoms with Gasteiger partial charge < -0.3 is 9.80 Å². The van der Waals surface area contributed by atoms with Crippen LogP contribution in [0.2, 0.25) is 0 Å². The third-order valence-corrected chi connectivity index (χ3v) is 2.45. The molecule has 0 radical (unpaired) electrons. The molecule has 0 aliphatic carbocycles. The molecular weight excluding hydrogens is 164 g/mol. The largest absolute Gasteiger partial charge is 0.327 e. The van der Waals surface area contributed by atoms with E-state index in [2.05, 4.69) is 27.7 Å². The quantitative estimate of drug-likeness (QED) is 0.563. The number of amides is 2. The lowest BCUT2D eigenvalue weighted by atomic mass is 10.0. The molecule has 1 rings (SSSR count). The molecular formula is C10H20N2O. The minimum absolute atomic E-state index is 0.0555. The number of carbonyl (C=O) groups is 1. The van der Waals surface area contributed by atoms with Crippen molar-refractivity contribution in [1.82, 2.24) is 9.80 Å². The molecule has 3 heteroatoms. The Kier molecular flexibility index (Phi) is 2.55. The second-order valence-corrected chi connectivity index (χ2v) is 5.05. The Labute approximate surface area is 80.7 Å². The molecule has 1 heterocycles. The Bertz CT molecular complexity index is 207. The molecule has 13 heavy (non-hydrogen) atoms. The van der Waals surface area contributed by atoms with Crippen molar-refractivity contribution in [3.05, 3.63) is 0 Å². The van der Waals surface area contributed by atoms with Crippen LogP contribution in [0.3, 0.4) is 0 Å². The maximum atomic E-state index is 11.8. The molecule has 1 saturated heterocycles. The molecule has 76 valence electrons. The summed E-state index contributed by atoms with van der Waals surface area (Å²) in [5.74, 6) is 0.571. The fourth-order valence-corrected chi connectivity index (χ4v) is 1.76. The van der Waals surface area contributed by atoms with E-state index in [-0.39, 0.29) is 11.6 Å². The van der Waals surface area contributed by atoms with Crippen molar-refractivity contribution < 1.29 is 4.79 Å². The van der Waals surface area contributed by atoms with E-state index >= 15 is 0 Å². The molecule has 2 amide bonds. The van der Waals surface area contributed by atoms with E-state index in [1.807, 2.05) is 11.9 Å². The number of hydrogen-bond acceptors (Lipinski definition) is 1. The number of urea groups is 1. The van der Waals surface area contributed by atoms with E-state index in [9.17, 15) is 4.79 Å². The summed E-state index contributed by atoms with van der Waals surface area (Å²) in [6.07, 6.45) is 0. The van der Waals surface area contributed by atoms with E-state index in [1.165, 1.54) is 0 Å². The van der Waals surface area contributed by atoms with E-state index in [4.69, 9.17) is 0 Å². The van der Waals surface area contributed by atoms with Crippen LogP contribution in [0.25, 0.3) is 0 Å². The second kappa shape index (κ2) is 3.20. The predicted octanol–water partition coefficient (Wildman–Crippen LogP) is 1.79. The van der Waals surface area contributed by atoms with Crippen molar-refractivity contribution in [2.24, 2.45) is 5.92 Å². The number of hydrogen-bond donors (Lipinski definition) is 0. The summed E-state index contributed by atoms with van der Waals surface area (Å²) in [4.78, 5) is 15.5. The van der Waals surface area contributed by atoms with Gasteiger partial charge in [0.2, 0.25) is 0 Å². The summed E-state index contributed by atoms with van der Waals surface area (Å²) in [6, 6.07) is 0.158. The van der Waals surface area contributed by atoms with Gasteiger partial charge in [0.1, 0.15) is 0 Å². The molecule has 0 bridgehead atoms. The first kappa shape index (κ1) is 10.4. The summed E-state index contributed by atoms with van der Waals surface area (Å²) in [5.41, 5.74) is -0.0555. The molecule has 0 N–H and O–H groups in total. The van der Waals surface area contributed by atoms with Crippen LogP contribution in [0.15, 0.2) is 0 Å². The first-order valence-corrected chi connectivity index (χ1v) is 4.85. The lowest BCUT2D eigenvalue weighted by molar-refractivity contribution is 0.0729. The van der Waals surface area contributed by atoms with Crippen molar-refractivity contribution in [1.29, 1.82) is 0 Å². The standard InChI is InChI=1S/C10H20N2O/c1-8-6-11(5)9(13)12(7-8)10(2,3)4/h8H,6-7H2,1-5H3. The summed E-state index contributed by atoms with van der Waals surface area (Å²) >= 11 is 0.